The second-order valence-electron chi connectivity index (χ2n) is 4.02. The van der Waals surface area contributed by atoms with Crippen molar-refractivity contribution in [1.82, 2.24) is 10.2 Å². The summed E-state index contributed by atoms with van der Waals surface area (Å²) in [5.74, 6) is -0.362. The van der Waals surface area contributed by atoms with Gasteiger partial charge in [0.05, 0.1) is 6.54 Å². The molecule has 0 aliphatic heterocycles. The first-order chi connectivity index (χ1) is 8.05. The van der Waals surface area contributed by atoms with Gasteiger partial charge in [-0.2, -0.15) is 0 Å². The van der Waals surface area contributed by atoms with Crippen LogP contribution in [0.1, 0.15) is 11.1 Å². The highest BCUT2D eigenvalue weighted by Crippen LogP contribution is 2.10. The van der Waals surface area contributed by atoms with Crippen LogP contribution in [0.2, 0.25) is 0 Å². The van der Waals surface area contributed by atoms with Gasteiger partial charge in [-0.1, -0.05) is 6.07 Å². The lowest BCUT2D eigenvalue weighted by atomic mass is 10.1. The van der Waals surface area contributed by atoms with E-state index in [4.69, 9.17) is 5.73 Å². The average Bonchev–Trinajstić information content (AvgIpc) is 2.27. The normalized spacial score (nSPS) is 10.6. The predicted molar refractivity (Wildman–Crippen MR) is 64.7 cm³/mol. The van der Waals surface area contributed by atoms with E-state index in [1.165, 1.54) is 12.1 Å². The van der Waals surface area contributed by atoms with E-state index in [1.54, 1.807) is 7.05 Å². The molecule has 0 saturated carbocycles. The van der Waals surface area contributed by atoms with Crippen LogP contribution in [-0.2, 0) is 17.9 Å². The molecule has 0 bridgehead atoms. The highest BCUT2D eigenvalue weighted by atomic mass is 19.1. The molecule has 3 N–H and O–H groups in total. The number of nitrogens with zero attached hydrogens (tertiary/aromatic N) is 1. The van der Waals surface area contributed by atoms with Crippen LogP contribution in [0.3, 0.4) is 0 Å². The third kappa shape index (κ3) is 4.50. The van der Waals surface area contributed by atoms with E-state index < -0.39 is 0 Å². The molecule has 1 rings (SSSR count). The Morgan fingerprint density at radius 1 is 1.41 bits per heavy atom. The SMILES string of the molecule is CNC(=O)CN(C)Cc1cc(F)cc(CN)c1. The van der Waals surface area contributed by atoms with E-state index in [1.807, 2.05) is 18.0 Å². The number of halogens is 1. The molecule has 1 aromatic rings. The van der Waals surface area contributed by atoms with Crippen molar-refractivity contribution < 1.29 is 9.18 Å². The van der Waals surface area contributed by atoms with Crippen molar-refractivity contribution in [2.75, 3.05) is 20.6 Å². The number of hydrogen-bond donors (Lipinski definition) is 2. The maximum Gasteiger partial charge on any atom is 0.233 e. The zero-order chi connectivity index (χ0) is 12.8. The number of hydrogen-bond acceptors (Lipinski definition) is 3. The lowest BCUT2D eigenvalue weighted by Crippen LogP contribution is -2.32. The van der Waals surface area contributed by atoms with Crippen LogP contribution in [0.5, 0.6) is 0 Å². The molecule has 0 aliphatic carbocycles. The summed E-state index contributed by atoms with van der Waals surface area (Å²) < 4.78 is 13.2. The monoisotopic (exact) mass is 239 g/mol. The molecule has 0 heterocycles. The first-order valence-electron chi connectivity index (χ1n) is 5.42. The van der Waals surface area contributed by atoms with Gasteiger partial charge in [0, 0.05) is 20.1 Å². The second kappa shape index (κ2) is 6.32. The number of nitrogens with one attached hydrogen (secondary N) is 1. The number of rotatable bonds is 5. The summed E-state index contributed by atoms with van der Waals surface area (Å²) in [6.45, 7) is 1.10. The van der Waals surface area contributed by atoms with Gasteiger partial charge in [0.1, 0.15) is 5.82 Å². The van der Waals surface area contributed by atoms with Gasteiger partial charge in [0.15, 0.2) is 0 Å². The van der Waals surface area contributed by atoms with E-state index in [-0.39, 0.29) is 18.3 Å². The molecule has 0 atom stereocenters. The highest BCUT2D eigenvalue weighted by molar-refractivity contribution is 5.77. The van der Waals surface area contributed by atoms with E-state index >= 15 is 0 Å². The number of carbonyl (C=O) groups excluding carboxylic acids is 1. The van der Waals surface area contributed by atoms with Crippen molar-refractivity contribution in [1.29, 1.82) is 0 Å². The number of carbonyl (C=O) groups is 1. The smallest absolute Gasteiger partial charge is 0.233 e. The van der Waals surface area contributed by atoms with Crippen LogP contribution in [0.25, 0.3) is 0 Å². The van der Waals surface area contributed by atoms with Crippen molar-refractivity contribution in [3.63, 3.8) is 0 Å². The minimum Gasteiger partial charge on any atom is -0.358 e. The lowest BCUT2D eigenvalue weighted by molar-refractivity contribution is -0.121. The molecular formula is C12H18FN3O. The van der Waals surface area contributed by atoms with E-state index in [9.17, 15) is 9.18 Å². The van der Waals surface area contributed by atoms with Crippen molar-refractivity contribution in [3.05, 3.63) is 35.1 Å². The Hall–Kier alpha value is -1.46. The molecule has 17 heavy (non-hydrogen) atoms. The van der Waals surface area contributed by atoms with E-state index in [2.05, 4.69) is 5.32 Å². The topological polar surface area (TPSA) is 58.4 Å². The van der Waals surface area contributed by atoms with Crippen molar-refractivity contribution in [2.45, 2.75) is 13.1 Å². The maximum absolute atomic E-state index is 13.2. The molecule has 0 spiro atoms. The fraction of sp³-hybridized carbons (Fsp3) is 0.417. The van der Waals surface area contributed by atoms with Gasteiger partial charge in [-0.25, -0.2) is 4.39 Å². The van der Waals surface area contributed by atoms with E-state index in [0.717, 1.165) is 11.1 Å². The summed E-state index contributed by atoms with van der Waals surface area (Å²) in [6.07, 6.45) is 0. The highest BCUT2D eigenvalue weighted by Gasteiger charge is 2.07. The molecule has 0 aliphatic rings. The number of benzene rings is 1. The Morgan fingerprint density at radius 2 is 2.06 bits per heavy atom. The summed E-state index contributed by atoms with van der Waals surface area (Å²) in [7, 11) is 3.40. The van der Waals surface area contributed by atoms with Crippen LogP contribution < -0.4 is 11.1 Å². The molecule has 0 radical (unpaired) electrons. The van der Waals surface area contributed by atoms with Crippen LogP contribution in [0.15, 0.2) is 18.2 Å². The van der Waals surface area contributed by atoms with Crippen LogP contribution in [-0.4, -0.2) is 31.4 Å². The molecule has 0 aromatic heterocycles. The average molecular weight is 239 g/mol. The summed E-state index contributed by atoms with van der Waals surface area (Å²) >= 11 is 0. The first-order valence-corrected chi connectivity index (χ1v) is 5.42. The molecule has 0 unspecified atom stereocenters. The zero-order valence-electron chi connectivity index (χ0n) is 10.2. The van der Waals surface area contributed by atoms with Gasteiger partial charge >= 0.3 is 0 Å². The van der Waals surface area contributed by atoms with Gasteiger partial charge in [-0.15, -0.1) is 0 Å². The Morgan fingerprint density at radius 3 is 2.65 bits per heavy atom. The lowest BCUT2D eigenvalue weighted by Gasteiger charge is -2.16. The van der Waals surface area contributed by atoms with Crippen LogP contribution in [0.4, 0.5) is 4.39 Å². The molecule has 0 fully saturated rings. The fourth-order valence-corrected chi connectivity index (χ4v) is 1.62. The summed E-state index contributed by atoms with van der Waals surface area (Å²) in [5.41, 5.74) is 7.05. The third-order valence-electron chi connectivity index (χ3n) is 2.40. The third-order valence-corrected chi connectivity index (χ3v) is 2.40. The number of amides is 1. The molecular weight excluding hydrogens is 221 g/mol. The van der Waals surface area contributed by atoms with Gasteiger partial charge in [-0.05, 0) is 30.3 Å². The standard InChI is InChI=1S/C12H18FN3O/c1-15-12(17)8-16(2)7-10-3-9(6-14)4-11(13)5-10/h3-5H,6-8,14H2,1-2H3,(H,15,17). The van der Waals surface area contributed by atoms with E-state index in [0.29, 0.717) is 13.1 Å². The fourth-order valence-electron chi connectivity index (χ4n) is 1.62. The summed E-state index contributed by atoms with van der Waals surface area (Å²) in [4.78, 5) is 13.0. The van der Waals surface area contributed by atoms with Crippen molar-refractivity contribution >= 4 is 5.91 Å². The molecule has 94 valence electrons. The Labute approximate surface area is 101 Å². The minimum absolute atomic E-state index is 0.0667. The van der Waals surface area contributed by atoms with Gasteiger partial charge in [-0.3, -0.25) is 9.69 Å². The second-order valence-corrected chi connectivity index (χ2v) is 4.02. The maximum atomic E-state index is 13.2. The van der Waals surface area contributed by atoms with Crippen molar-refractivity contribution in [3.8, 4) is 0 Å². The summed E-state index contributed by atoms with van der Waals surface area (Å²) in [5, 5.41) is 2.54. The predicted octanol–water partition coefficient (Wildman–Crippen LogP) is 0.462. The summed E-state index contributed by atoms with van der Waals surface area (Å²) in [6, 6.07) is 4.73. The largest absolute Gasteiger partial charge is 0.358 e. The molecule has 1 amide bonds. The van der Waals surface area contributed by atoms with Crippen LogP contribution >= 0.6 is 0 Å². The number of nitrogens with two attached hydrogens (primary N) is 1. The van der Waals surface area contributed by atoms with Crippen LogP contribution in [0, 0.1) is 5.82 Å². The number of likely N-dealkylation sites (N-methyl/N-ethyl adjacent to an activating group) is 2. The molecule has 1 aromatic carbocycles. The Balaban J connectivity index is 2.67. The molecule has 4 nitrogen and oxygen atoms in total. The van der Waals surface area contributed by atoms with Gasteiger partial charge in [0.25, 0.3) is 0 Å². The Kier molecular flexibility index (Phi) is 5.06. The Bertz CT molecular complexity index is 395. The molecule has 5 heteroatoms. The van der Waals surface area contributed by atoms with Gasteiger partial charge < -0.3 is 11.1 Å². The minimum atomic E-state index is -0.295. The van der Waals surface area contributed by atoms with Gasteiger partial charge in [0.2, 0.25) is 5.91 Å². The zero-order valence-corrected chi connectivity index (χ0v) is 10.2. The molecule has 0 saturated heterocycles. The quantitative estimate of drug-likeness (QED) is 0.785. The van der Waals surface area contributed by atoms with Crippen molar-refractivity contribution in [2.24, 2.45) is 5.73 Å². The first kappa shape index (κ1) is 13.6.